The number of anilines is 3. The Morgan fingerprint density at radius 2 is 1.64 bits per heavy atom. The highest BCUT2D eigenvalue weighted by atomic mass is 32.1. The molecule has 45 heavy (non-hydrogen) atoms. The lowest BCUT2D eigenvalue weighted by Gasteiger charge is -2.12. The van der Waals surface area contributed by atoms with E-state index in [-0.39, 0.29) is 18.4 Å². The maximum atomic E-state index is 12.7. The second kappa shape index (κ2) is 14.3. The first-order chi connectivity index (χ1) is 21.8. The number of carbonyl (C=O) groups is 2. The van der Waals surface area contributed by atoms with Gasteiger partial charge in [0.2, 0.25) is 0 Å². The van der Waals surface area contributed by atoms with Gasteiger partial charge in [-0.25, -0.2) is 10.4 Å². The molecule has 0 aliphatic heterocycles. The maximum absolute atomic E-state index is 12.7. The van der Waals surface area contributed by atoms with E-state index in [1.807, 2.05) is 80.7 Å². The molecule has 0 radical (unpaired) electrons. The minimum Gasteiger partial charge on any atom is -0.493 e. The molecule has 0 bridgehead atoms. The van der Waals surface area contributed by atoms with E-state index in [2.05, 4.69) is 26.1 Å². The van der Waals surface area contributed by atoms with Crippen molar-refractivity contribution in [1.29, 1.82) is 0 Å². The molecule has 4 aromatic carbocycles. The first-order valence-electron chi connectivity index (χ1n) is 14.2. The van der Waals surface area contributed by atoms with E-state index >= 15 is 0 Å². The van der Waals surface area contributed by atoms with Gasteiger partial charge in [-0.15, -0.1) is 11.3 Å². The fourth-order valence-electron chi connectivity index (χ4n) is 4.41. The number of nitrogens with zero attached hydrogens (tertiary/aromatic N) is 2. The molecule has 9 nitrogen and oxygen atoms in total. The molecule has 5 rings (SSSR count). The maximum Gasteiger partial charge on any atom is 0.271 e. The summed E-state index contributed by atoms with van der Waals surface area (Å²) in [6.45, 7) is 5.81. The number of ether oxygens (including phenoxy) is 2. The third-order valence-corrected chi connectivity index (χ3v) is 7.59. The van der Waals surface area contributed by atoms with Crippen LogP contribution in [0.3, 0.4) is 0 Å². The van der Waals surface area contributed by atoms with Crippen LogP contribution in [0.4, 0.5) is 16.5 Å². The molecule has 0 saturated heterocycles. The van der Waals surface area contributed by atoms with Crippen LogP contribution in [0.5, 0.6) is 11.5 Å². The van der Waals surface area contributed by atoms with Crippen LogP contribution in [0.1, 0.15) is 32.6 Å². The number of rotatable bonds is 11. The summed E-state index contributed by atoms with van der Waals surface area (Å²) in [5.41, 5.74) is 10.4. The molecule has 228 valence electrons. The Bertz CT molecular complexity index is 1830. The summed E-state index contributed by atoms with van der Waals surface area (Å²) in [6.07, 6.45) is 1.50. The van der Waals surface area contributed by atoms with Gasteiger partial charge in [-0.2, -0.15) is 5.10 Å². The van der Waals surface area contributed by atoms with E-state index in [1.165, 1.54) is 30.2 Å². The van der Waals surface area contributed by atoms with Gasteiger partial charge in [0.05, 0.1) is 19.0 Å². The monoisotopic (exact) mass is 619 g/mol. The van der Waals surface area contributed by atoms with Gasteiger partial charge in [0.1, 0.15) is 0 Å². The number of aromatic nitrogens is 1. The van der Waals surface area contributed by atoms with Gasteiger partial charge < -0.3 is 20.1 Å². The largest absolute Gasteiger partial charge is 0.493 e. The van der Waals surface area contributed by atoms with E-state index in [9.17, 15) is 9.59 Å². The second-order valence-electron chi connectivity index (χ2n) is 10.4. The van der Waals surface area contributed by atoms with Crippen LogP contribution in [-0.2, 0) is 4.79 Å². The van der Waals surface area contributed by atoms with Crippen molar-refractivity contribution in [1.82, 2.24) is 10.4 Å². The Morgan fingerprint density at radius 3 is 2.38 bits per heavy atom. The number of carbonyl (C=O) groups excluding carboxylic acids is 2. The fourth-order valence-corrected chi connectivity index (χ4v) is 5.15. The normalized spacial score (nSPS) is 10.8. The van der Waals surface area contributed by atoms with Crippen molar-refractivity contribution in [3.05, 3.63) is 118 Å². The lowest BCUT2D eigenvalue weighted by atomic mass is 10.1. The third-order valence-electron chi connectivity index (χ3n) is 6.83. The van der Waals surface area contributed by atoms with E-state index < -0.39 is 0 Å². The van der Waals surface area contributed by atoms with Crippen molar-refractivity contribution in [2.75, 3.05) is 24.4 Å². The minimum atomic E-state index is -0.348. The molecule has 1 aromatic heterocycles. The average Bonchev–Trinajstić information content (AvgIpc) is 3.51. The quantitative estimate of drug-likeness (QED) is 0.106. The summed E-state index contributed by atoms with van der Waals surface area (Å²) in [7, 11) is 1.51. The van der Waals surface area contributed by atoms with Crippen molar-refractivity contribution in [2.45, 2.75) is 20.8 Å². The van der Waals surface area contributed by atoms with Gasteiger partial charge >= 0.3 is 0 Å². The van der Waals surface area contributed by atoms with Crippen LogP contribution >= 0.6 is 11.3 Å². The molecule has 0 atom stereocenters. The highest BCUT2D eigenvalue weighted by Gasteiger charge is 2.11. The molecule has 10 heteroatoms. The van der Waals surface area contributed by atoms with Gasteiger partial charge in [-0.05, 0) is 80.4 Å². The van der Waals surface area contributed by atoms with Gasteiger partial charge in [0, 0.05) is 27.9 Å². The number of thiazole rings is 1. The Hall–Kier alpha value is -5.48. The minimum absolute atomic E-state index is 0.181. The SMILES string of the molecule is COc1cc(/C=N/NC(=O)c2ccc(-c3csc(Nc4ccc(C)cc4)n3)cc2)ccc1OCC(=O)Nc1ccc(C)cc1C. The predicted molar refractivity (Wildman–Crippen MR) is 180 cm³/mol. The summed E-state index contributed by atoms with van der Waals surface area (Å²) in [6, 6.07) is 26.3. The number of amides is 2. The number of hydrazone groups is 1. The van der Waals surface area contributed by atoms with Crippen molar-refractivity contribution >= 4 is 45.9 Å². The molecule has 0 aliphatic rings. The summed E-state index contributed by atoms with van der Waals surface area (Å²) in [5.74, 6) is 0.212. The molecule has 3 N–H and O–H groups in total. The number of aryl methyl sites for hydroxylation is 3. The summed E-state index contributed by atoms with van der Waals surface area (Å²) >= 11 is 1.52. The molecule has 0 spiro atoms. The van der Waals surface area contributed by atoms with E-state index in [1.54, 1.807) is 30.3 Å². The first kappa shape index (κ1) is 31.0. The first-order valence-corrected chi connectivity index (χ1v) is 15.1. The van der Waals surface area contributed by atoms with Crippen molar-refractivity contribution in [3.63, 3.8) is 0 Å². The number of hydrogen-bond acceptors (Lipinski definition) is 8. The van der Waals surface area contributed by atoms with Crippen molar-refractivity contribution < 1.29 is 19.1 Å². The van der Waals surface area contributed by atoms with Gasteiger partial charge in [-0.3, -0.25) is 9.59 Å². The zero-order valence-electron chi connectivity index (χ0n) is 25.4. The number of benzene rings is 4. The standard InChI is InChI=1S/C35H33N5O4S/c1-22-5-13-28(14-6-22)37-35-39-30(21-45-35)26-9-11-27(12-10-26)34(42)40-36-19-25-8-16-31(32(18-25)43-4)44-20-33(41)38-29-15-7-23(2)17-24(29)3/h5-19,21H,20H2,1-4H3,(H,37,39)(H,38,41)(H,40,42)/b36-19+. The Labute approximate surface area is 266 Å². The molecule has 0 unspecified atom stereocenters. The van der Waals surface area contributed by atoms with Crippen molar-refractivity contribution in [2.24, 2.45) is 5.10 Å². The molecule has 1 heterocycles. The second-order valence-corrected chi connectivity index (χ2v) is 11.2. The molecular weight excluding hydrogens is 586 g/mol. The van der Waals surface area contributed by atoms with Crippen LogP contribution in [0.2, 0.25) is 0 Å². The lowest BCUT2D eigenvalue weighted by Crippen LogP contribution is -2.20. The zero-order valence-corrected chi connectivity index (χ0v) is 26.2. The summed E-state index contributed by atoms with van der Waals surface area (Å²) in [5, 5.41) is 13.0. The molecular formula is C35H33N5O4S. The van der Waals surface area contributed by atoms with Crippen LogP contribution in [0.25, 0.3) is 11.3 Å². The van der Waals surface area contributed by atoms with Gasteiger partial charge in [0.25, 0.3) is 11.8 Å². The van der Waals surface area contributed by atoms with Crippen LogP contribution in [0.15, 0.2) is 95.4 Å². The van der Waals surface area contributed by atoms with Gasteiger partial charge in [0.15, 0.2) is 23.2 Å². The predicted octanol–water partition coefficient (Wildman–Crippen LogP) is 7.27. The molecule has 0 aliphatic carbocycles. The lowest BCUT2D eigenvalue weighted by molar-refractivity contribution is -0.118. The van der Waals surface area contributed by atoms with Crippen LogP contribution in [0, 0.1) is 20.8 Å². The number of nitrogens with one attached hydrogen (secondary N) is 3. The smallest absolute Gasteiger partial charge is 0.271 e. The van der Waals surface area contributed by atoms with E-state index in [0.717, 1.165) is 38.9 Å². The topological polar surface area (TPSA) is 114 Å². The van der Waals surface area contributed by atoms with Crippen LogP contribution in [-0.4, -0.2) is 36.7 Å². The Morgan fingerprint density at radius 1 is 0.889 bits per heavy atom. The summed E-state index contributed by atoms with van der Waals surface area (Å²) in [4.78, 5) is 29.8. The Balaban J connectivity index is 1.13. The highest BCUT2D eigenvalue weighted by molar-refractivity contribution is 7.14. The zero-order chi connectivity index (χ0) is 31.8. The molecule has 0 fully saturated rings. The number of hydrogen-bond donors (Lipinski definition) is 3. The fraction of sp³-hybridized carbons (Fsp3) is 0.143. The molecule has 5 aromatic rings. The van der Waals surface area contributed by atoms with Crippen LogP contribution < -0.4 is 25.5 Å². The van der Waals surface area contributed by atoms with Crippen molar-refractivity contribution in [3.8, 4) is 22.8 Å². The van der Waals surface area contributed by atoms with E-state index in [4.69, 9.17) is 9.47 Å². The van der Waals surface area contributed by atoms with Gasteiger partial charge in [-0.1, -0.05) is 47.5 Å². The van der Waals surface area contributed by atoms with E-state index in [0.29, 0.717) is 22.6 Å². The average molecular weight is 620 g/mol. The molecule has 0 saturated carbocycles. The Kier molecular flexibility index (Phi) is 9.86. The number of methoxy groups -OCH3 is 1. The summed E-state index contributed by atoms with van der Waals surface area (Å²) < 4.78 is 11.1. The molecule has 2 amide bonds. The third kappa shape index (κ3) is 8.33. The highest BCUT2D eigenvalue weighted by Crippen LogP contribution is 2.29.